The molecule has 0 amide bonds. The Balaban J connectivity index is 1.43. The average molecular weight is 453 g/mol. The summed E-state index contributed by atoms with van der Waals surface area (Å²) in [6, 6.07) is 3.89. The van der Waals surface area contributed by atoms with Crippen LogP contribution in [-0.2, 0) is 44.6 Å². The van der Waals surface area contributed by atoms with E-state index in [-0.39, 0.29) is 24.4 Å². The minimum absolute atomic E-state index is 0.231. The molecule has 4 N–H and O–H groups in total. The van der Waals surface area contributed by atoms with Gasteiger partial charge in [0.05, 0.1) is 50.8 Å². The van der Waals surface area contributed by atoms with Gasteiger partial charge in [0.1, 0.15) is 11.5 Å². The number of epoxide rings is 4. The molecule has 0 bridgehead atoms. The van der Waals surface area contributed by atoms with Gasteiger partial charge in [-0.05, 0) is 48.2 Å². The van der Waals surface area contributed by atoms with Gasteiger partial charge in [0.25, 0.3) is 0 Å². The largest absolute Gasteiger partial charge is 0.456 e. The lowest BCUT2D eigenvalue weighted by atomic mass is 9.87. The molecule has 7 heteroatoms. The van der Waals surface area contributed by atoms with E-state index in [0.29, 0.717) is 0 Å². The van der Waals surface area contributed by atoms with Crippen molar-refractivity contribution < 1.29 is 23.7 Å². The number of nitrogen functional groups attached to an aromatic ring is 2. The highest BCUT2D eigenvalue weighted by Gasteiger charge is 2.35. The third-order valence-corrected chi connectivity index (χ3v) is 7.21. The van der Waals surface area contributed by atoms with Gasteiger partial charge < -0.3 is 35.2 Å². The number of anilines is 2. The van der Waals surface area contributed by atoms with Crippen molar-refractivity contribution >= 4 is 11.4 Å². The van der Waals surface area contributed by atoms with Crippen molar-refractivity contribution in [2.75, 3.05) is 37.9 Å². The summed E-state index contributed by atoms with van der Waals surface area (Å²) in [4.78, 5) is 0. The maximum atomic E-state index is 6.75. The van der Waals surface area contributed by atoms with Crippen molar-refractivity contribution in [3.63, 3.8) is 0 Å². The predicted octanol–water partition coefficient (Wildman–Crippen LogP) is 3.03. The zero-order chi connectivity index (χ0) is 22.7. The highest BCUT2D eigenvalue weighted by Crippen LogP contribution is 2.44. The Morgan fingerprint density at radius 1 is 0.697 bits per heavy atom. The predicted molar refractivity (Wildman–Crippen MR) is 125 cm³/mol. The van der Waals surface area contributed by atoms with Crippen molar-refractivity contribution in [2.45, 2.75) is 63.9 Å². The Labute approximate surface area is 194 Å². The molecule has 0 spiro atoms. The van der Waals surface area contributed by atoms with Crippen LogP contribution in [0.15, 0.2) is 12.1 Å². The highest BCUT2D eigenvalue weighted by molar-refractivity contribution is 5.68. The minimum atomic E-state index is 0.231. The number of ether oxygens (including phenoxy) is 5. The van der Waals surface area contributed by atoms with Gasteiger partial charge >= 0.3 is 0 Å². The van der Waals surface area contributed by atoms with Crippen molar-refractivity contribution in [1.29, 1.82) is 0 Å². The monoisotopic (exact) mass is 452 g/mol. The molecule has 7 nitrogen and oxygen atoms in total. The molecule has 176 valence electrons. The van der Waals surface area contributed by atoms with E-state index in [9.17, 15) is 0 Å². The molecule has 2 aromatic rings. The molecule has 0 radical (unpaired) electrons. The van der Waals surface area contributed by atoms with Gasteiger partial charge in [0, 0.05) is 48.2 Å². The van der Waals surface area contributed by atoms with Gasteiger partial charge in [-0.15, -0.1) is 0 Å². The molecule has 6 rings (SSSR count). The van der Waals surface area contributed by atoms with Crippen LogP contribution in [0.4, 0.5) is 11.4 Å². The summed E-state index contributed by atoms with van der Waals surface area (Å²) in [6.07, 6.45) is 4.30. The van der Waals surface area contributed by atoms with E-state index in [1.54, 1.807) is 0 Å². The van der Waals surface area contributed by atoms with E-state index >= 15 is 0 Å². The molecule has 0 aromatic heterocycles. The van der Waals surface area contributed by atoms with Gasteiger partial charge in [-0.2, -0.15) is 0 Å². The molecule has 4 aliphatic heterocycles. The fraction of sp³-hybridized carbons (Fsp3) is 0.538. The van der Waals surface area contributed by atoms with E-state index in [0.717, 1.165) is 91.7 Å². The molecule has 0 saturated carbocycles. The number of hydrogen-bond acceptors (Lipinski definition) is 7. The summed E-state index contributed by atoms with van der Waals surface area (Å²) in [5, 5.41) is 0. The first kappa shape index (κ1) is 21.2. The highest BCUT2D eigenvalue weighted by atomic mass is 16.6. The molecule has 4 saturated heterocycles. The smallest absolute Gasteiger partial charge is 0.135 e. The normalized spacial score (nSPS) is 26.8. The fourth-order valence-electron chi connectivity index (χ4n) is 4.79. The zero-order valence-corrected chi connectivity index (χ0v) is 19.3. The van der Waals surface area contributed by atoms with Gasteiger partial charge in [-0.3, -0.25) is 0 Å². The number of hydrogen-bond donors (Lipinski definition) is 2. The topological polar surface area (TPSA) is 111 Å². The minimum Gasteiger partial charge on any atom is -0.456 e. The lowest BCUT2D eigenvalue weighted by Gasteiger charge is -2.24. The summed E-state index contributed by atoms with van der Waals surface area (Å²) in [6.45, 7) is 7.31. The first-order chi connectivity index (χ1) is 16.0. The Morgan fingerprint density at radius 3 is 1.73 bits per heavy atom. The van der Waals surface area contributed by atoms with Gasteiger partial charge in [0.2, 0.25) is 0 Å². The second-order valence-corrected chi connectivity index (χ2v) is 9.80. The molecule has 4 fully saturated rings. The lowest BCUT2D eigenvalue weighted by Crippen LogP contribution is -2.15. The Morgan fingerprint density at radius 2 is 1.18 bits per heavy atom. The van der Waals surface area contributed by atoms with Crippen LogP contribution in [-0.4, -0.2) is 50.8 Å². The van der Waals surface area contributed by atoms with E-state index in [4.69, 9.17) is 35.2 Å². The average Bonchev–Trinajstić information content (AvgIpc) is 3.62. The fourth-order valence-corrected chi connectivity index (χ4v) is 4.79. The second kappa shape index (κ2) is 8.17. The first-order valence-corrected chi connectivity index (χ1v) is 11.9. The Hall–Kier alpha value is -2.32. The lowest BCUT2D eigenvalue weighted by molar-refractivity contribution is 0.393. The third-order valence-electron chi connectivity index (χ3n) is 7.21. The van der Waals surface area contributed by atoms with E-state index < -0.39 is 0 Å². The van der Waals surface area contributed by atoms with Crippen molar-refractivity contribution in [1.82, 2.24) is 0 Å². The van der Waals surface area contributed by atoms with Crippen molar-refractivity contribution in [3.05, 3.63) is 45.5 Å². The quantitative estimate of drug-likeness (QED) is 0.421. The van der Waals surface area contributed by atoms with Crippen LogP contribution in [0.25, 0.3) is 0 Å². The summed E-state index contributed by atoms with van der Waals surface area (Å²) in [5.74, 6) is 1.66. The molecular formula is C26H32N2O5. The molecule has 4 heterocycles. The van der Waals surface area contributed by atoms with E-state index in [2.05, 4.69) is 13.8 Å². The zero-order valence-electron chi connectivity index (χ0n) is 19.3. The molecule has 33 heavy (non-hydrogen) atoms. The first-order valence-electron chi connectivity index (χ1n) is 11.9. The number of nitrogens with two attached hydrogens (primary N) is 2. The van der Waals surface area contributed by atoms with Crippen LogP contribution >= 0.6 is 0 Å². The molecular weight excluding hydrogens is 420 g/mol. The molecule has 4 unspecified atom stereocenters. The van der Waals surface area contributed by atoms with Crippen molar-refractivity contribution in [2.24, 2.45) is 0 Å². The summed E-state index contributed by atoms with van der Waals surface area (Å²) >= 11 is 0. The van der Waals surface area contributed by atoms with Crippen LogP contribution < -0.4 is 16.2 Å². The molecule has 4 atom stereocenters. The summed E-state index contributed by atoms with van der Waals surface area (Å²) < 4.78 is 28.9. The summed E-state index contributed by atoms with van der Waals surface area (Å²) in [5.41, 5.74) is 21.4. The van der Waals surface area contributed by atoms with Crippen LogP contribution in [0, 0.1) is 13.8 Å². The van der Waals surface area contributed by atoms with Crippen LogP contribution in [0.1, 0.15) is 33.4 Å². The number of benzene rings is 2. The maximum absolute atomic E-state index is 6.75. The standard InChI is InChI=1S/C26H32N2O5/c1-13-19(5-15-9-29-15)23(27)3-4-24(13)33-26-14(2)25(28)21(7-17-11-31-17)20(6-16-10-30-16)22(26)8-18-12-32-18/h3-4,15-18H,5-12,27-28H2,1-2H3. The Kier molecular flexibility index (Phi) is 5.25. The molecule has 2 aromatic carbocycles. The molecule has 0 aliphatic carbocycles. The van der Waals surface area contributed by atoms with Gasteiger partial charge in [-0.25, -0.2) is 0 Å². The third kappa shape index (κ3) is 4.55. The maximum Gasteiger partial charge on any atom is 0.135 e. The van der Waals surface area contributed by atoms with Gasteiger partial charge in [-0.1, -0.05) is 0 Å². The number of rotatable bonds is 10. The van der Waals surface area contributed by atoms with Crippen LogP contribution in [0.2, 0.25) is 0 Å². The van der Waals surface area contributed by atoms with E-state index in [1.165, 1.54) is 16.7 Å². The second-order valence-electron chi connectivity index (χ2n) is 9.80. The van der Waals surface area contributed by atoms with Crippen LogP contribution in [0.5, 0.6) is 11.5 Å². The molecule has 4 aliphatic rings. The van der Waals surface area contributed by atoms with Gasteiger partial charge in [0.15, 0.2) is 0 Å². The van der Waals surface area contributed by atoms with Crippen LogP contribution in [0.3, 0.4) is 0 Å². The van der Waals surface area contributed by atoms with Crippen molar-refractivity contribution in [3.8, 4) is 11.5 Å². The Bertz CT molecular complexity index is 1090. The SMILES string of the molecule is Cc1c(Oc2c(C)c(N)c(CC3CO3)c(CC3CO3)c2CC2CO2)ccc(N)c1CC1CO1. The summed E-state index contributed by atoms with van der Waals surface area (Å²) in [7, 11) is 0. The van der Waals surface area contributed by atoms with E-state index in [1.807, 2.05) is 12.1 Å².